The van der Waals surface area contributed by atoms with Gasteiger partial charge in [0, 0.05) is 19.4 Å². The van der Waals surface area contributed by atoms with Crippen LogP contribution in [0.2, 0.25) is 41.3 Å². The molecule has 2 aliphatic heterocycles. The third kappa shape index (κ3) is 11.1. The van der Waals surface area contributed by atoms with Crippen LogP contribution in [0.3, 0.4) is 0 Å². The van der Waals surface area contributed by atoms with E-state index in [1.165, 1.54) is 34.1 Å². The van der Waals surface area contributed by atoms with E-state index in [4.69, 9.17) is 28.5 Å². The lowest BCUT2D eigenvalue weighted by atomic mass is 9.90. The predicted octanol–water partition coefficient (Wildman–Crippen LogP) is 9.73. The van der Waals surface area contributed by atoms with Gasteiger partial charge in [0.15, 0.2) is 16.6 Å². The minimum absolute atomic E-state index is 0.0205. The lowest BCUT2D eigenvalue weighted by molar-refractivity contribution is -0.131. The van der Waals surface area contributed by atoms with Crippen molar-refractivity contribution in [1.29, 1.82) is 0 Å². The van der Waals surface area contributed by atoms with E-state index >= 15 is 0 Å². The van der Waals surface area contributed by atoms with Crippen molar-refractivity contribution in [3.8, 4) is 0 Å². The molecule has 2 heterocycles. The average molecular weight is 782 g/mol. The fourth-order valence-electron chi connectivity index (χ4n) is 9.07. The van der Waals surface area contributed by atoms with Crippen LogP contribution in [-0.4, -0.2) is 74.7 Å². The van der Waals surface area contributed by atoms with Crippen molar-refractivity contribution in [2.45, 2.75) is 179 Å². The molecule has 53 heavy (non-hydrogen) atoms. The summed E-state index contributed by atoms with van der Waals surface area (Å²) in [6.45, 7) is 26.6. The molecule has 2 saturated heterocycles. The lowest BCUT2D eigenvalue weighted by Crippen LogP contribution is -2.68. The largest absolute Gasteiger partial charge is 0.417 e. The van der Waals surface area contributed by atoms with Gasteiger partial charge in [0.05, 0.1) is 43.2 Å². The quantitative estimate of drug-likeness (QED) is 0.107. The van der Waals surface area contributed by atoms with Gasteiger partial charge in [-0.3, -0.25) is 0 Å². The fraction of sp³-hybridized carbons (Fsp3) is 0.682. The van der Waals surface area contributed by atoms with Crippen molar-refractivity contribution in [2.75, 3.05) is 13.2 Å². The maximum Gasteiger partial charge on any atom is 0.261 e. The molecule has 0 unspecified atom stereocenters. The highest BCUT2D eigenvalue weighted by molar-refractivity contribution is 6.99. The van der Waals surface area contributed by atoms with E-state index in [1.54, 1.807) is 0 Å². The summed E-state index contributed by atoms with van der Waals surface area (Å²) in [4.78, 5) is 0. The Labute approximate surface area is 327 Å². The third-order valence-electron chi connectivity index (χ3n) is 12.9. The molecule has 2 aliphatic rings. The summed E-state index contributed by atoms with van der Waals surface area (Å²) < 4.78 is 35.1. The molecule has 6 atom stereocenters. The van der Waals surface area contributed by atoms with Crippen molar-refractivity contribution in [3.63, 3.8) is 0 Å². The van der Waals surface area contributed by atoms with Crippen LogP contribution in [0.15, 0.2) is 72.8 Å². The summed E-state index contributed by atoms with van der Waals surface area (Å²) in [6.07, 6.45) is 5.01. The van der Waals surface area contributed by atoms with E-state index in [2.05, 4.69) is 130 Å². The first-order chi connectivity index (χ1) is 25.3. The van der Waals surface area contributed by atoms with Gasteiger partial charge < -0.3 is 28.5 Å². The summed E-state index contributed by atoms with van der Waals surface area (Å²) in [5.74, 6) is 0. The summed E-state index contributed by atoms with van der Waals surface area (Å²) in [5.41, 5.74) is 8.36. The first-order valence-electron chi connectivity index (χ1n) is 21.1. The van der Waals surface area contributed by atoms with Gasteiger partial charge in [-0.2, -0.15) is 0 Å². The molecule has 0 aromatic heterocycles. The first kappa shape index (κ1) is 44.3. The van der Waals surface area contributed by atoms with Crippen molar-refractivity contribution in [2.24, 2.45) is 5.73 Å². The summed E-state index contributed by atoms with van der Waals surface area (Å²) >= 11 is 0. The van der Waals surface area contributed by atoms with Gasteiger partial charge in [0.1, 0.15) is 0 Å². The predicted molar refractivity (Wildman–Crippen MR) is 231 cm³/mol. The van der Waals surface area contributed by atoms with Crippen LogP contribution in [0.4, 0.5) is 0 Å². The fourth-order valence-corrected chi connectivity index (χ4v) is 19.1. The van der Waals surface area contributed by atoms with Crippen molar-refractivity contribution < 1.29 is 22.8 Å². The Bertz CT molecular complexity index is 1310. The molecular formula is C44H75NO5Si3. The zero-order valence-electron chi connectivity index (χ0n) is 35.0. The zero-order chi connectivity index (χ0) is 38.7. The monoisotopic (exact) mass is 781 g/mol. The molecule has 9 heteroatoms. The Balaban J connectivity index is 1.60. The Morgan fingerprint density at radius 1 is 0.717 bits per heavy atom. The highest BCUT2D eigenvalue weighted by Crippen LogP contribution is 2.41. The Morgan fingerprint density at radius 3 is 1.74 bits per heavy atom. The van der Waals surface area contributed by atoms with Crippen LogP contribution in [0.1, 0.15) is 101 Å². The number of hydrogen-bond donors (Lipinski definition) is 1. The average Bonchev–Trinajstić information content (AvgIpc) is 3.16. The number of benzene rings is 2. The van der Waals surface area contributed by atoms with Crippen molar-refractivity contribution in [1.82, 2.24) is 0 Å². The van der Waals surface area contributed by atoms with E-state index in [1.807, 2.05) is 0 Å². The first-order valence-corrected chi connectivity index (χ1v) is 28.1. The van der Waals surface area contributed by atoms with Crippen molar-refractivity contribution >= 4 is 35.3 Å². The molecule has 0 bridgehead atoms. The van der Waals surface area contributed by atoms with Gasteiger partial charge in [-0.15, -0.1) is 0 Å². The number of ether oxygens (including phenoxy) is 2. The molecule has 6 nitrogen and oxygen atoms in total. The summed E-state index contributed by atoms with van der Waals surface area (Å²) in [6, 6.07) is 28.6. The van der Waals surface area contributed by atoms with Crippen LogP contribution < -0.4 is 16.1 Å². The van der Waals surface area contributed by atoms with E-state index in [0.29, 0.717) is 6.61 Å². The maximum absolute atomic E-state index is 7.78. The molecule has 2 aromatic rings. The molecule has 2 N–H and O–H groups in total. The molecule has 0 spiro atoms. The lowest BCUT2D eigenvalue weighted by Gasteiger charge is -2.48. The van der Waals surface area contributed by atoms with Crippen LogP contribution >= 0.6 is 0 Å². The molecule has 298 valence electrons. The Morgan fingerprint density at radius 2 is 1.23 bits per heavy atom. The van der Waals surface area contributed by atoms with Gasteiger partial charge in [0.2, 0.25) is 0 Å². The van der Waals surface area contributed by atoms with E-state index in [9.17, 15) is 0 Å². The van der Waals surface area contributed by atoms with E-state index < -0.39 is 25.0 Å². The molecule has 0 amide bonds. The smallest absolute Gasteiger partial charge is 0.261 e. The van der Waals surface area contributed by atoms with Crippen LogP contribution in [0.25, 0.3) is 0 Å². The minimum atomic E-state index is -2.79. The van der Waals surface area contributed by atoms with Gasteiger partial charge in [-0.1, -0.05) is 135 Å². The highest BCUT2D eigenvalue weighted by Gasteiger charge is 2.52. The normalized spacial score (nSPS) is 24.0. The second-order valence-electron chi connectivity index (χ2n) is 17.0. The van der Waals surface area contributed by atoms with Crippen molar-refractivity contribution in [3.05, 3.63) is 72.8 Å². The second-order valence-corrected chi connectivity index (χ2v) is 30.8. The van der Waals surface area contributed by atoms with Gasteiger partial charge in [-0.25, -0.2) is 0 Å². The summed E-state index contributed by atoms with van der Waals surface area (Å²) in [5, 5.41) is 2.48. The third-order valence-corrected chi connectivity index (χ3v) is 27.3. The molecule has 0 radical (unpaired) electrons. The number of hydrogen-bond acceptors (Lipinski definition) is 6. The molecular weight excluding hydrogens is 707 g/mol. The molecule has 2 aromatic carbocycles. The standard InChI is InChI=1S/C44H75NO5Si3/c1-11-51(12-2,13-3)46-28-27-36-29-35(7)30-37(48-36)31-38-32-39(33-43(49-38)42(45)34-47-52(14-4,15-5)16-6)50-53(44(8,9)10,40-23-19-17-20-24-40)41-25-21-18-22-26-41/h17-26,36-39,42-43H,7,11-16,27-34,45H2,1-6,8-10H3/t36-,37+,38+,39-,42+,43+/m0/s1. The molecule has 0 saturated carbocycles. The Kier molecular flexibility index (Phi) is 16.8. The van der Waals surface area contributed by atoms with E-state index in [0.717, 1.165) is 63.3 Å². The van der Waals surface area contributed by atoms with E-state index in [-0.39, 0.29) is 41.6 Å². The minimum Gasteiger partial charge on any atom is -0.417 e. The second kappa shape index (κ2) is 20.1. The molecule has 0 aliphatic carbocycles. The van der Waals surface area contributed by atoms with Gasteiger partial charge in [-0.05, 0) is 77.4 Å². The molecule has 2 fully saturated rings. The summed E-state index contributed by atoms with van der Waals surface area (Å²) in [7, 11) is -6.23. The van der Waals surface area contributed by atoms with Crippen LogP contribution in [0.5, 0.6) is 0 Å². The van der Waals surface area contributed by atoms with Crippen LogP contribution in [-0.2, 0) is 22.8 Å². The number of rotatable bonds is 20. The highest BCUT2D eigenvalue weighted by atomic mass is 28.4. The zero-order valence-corrected chi connectivity index (χ0v) is 38.0. The SMILES string of the molecule is C=C1C[C@H](C[C@@H]2C[C@H](O[Si](c3ccccc3)(c3ccccc3)C(C)(C)C)C[C@H]([C@H](N)CO[Si](CC)(CC)CC)O2)O[C@@H](CCO[Si](CC)(CC)CC)C1. The number of nitrogens with two attached hydrogens (primary N) is 1. The van der Waals surface area contributed by atoms with Gasteiger partial charge in [0.25, 0.3) is 8.32 Å². The maximum atomic E-state index is 7.78. The van der Waals surface area contributed by atoms with Crippen LogP contribution in [0, 0.1) is 0 Å². The topological polar surface area (TPSA) is 72.2 Å². The molecule has 4 rings (SSSR count). The Hall–Kier alpha value is -1.41. The van der Waals surface area contributed by atoms with Gasteiger partial charge >= 0.3 is 0 Å².